The van der Waals surface area contributed by atoms with E-state index in [0.29, 0.717) is 205 Å². The smallest absolute Gasteiger partial charge is 0.0701 e. The molecule has 0 unspecified atom stereocenters. The number of hydrogen-bond donors (Lipinski definition) is 0. The lowest BCUT2D eigenvalue weighted by Gasteiger charge is -2.09. The number of hydrogen-bond acceptors (Lipinski definition) is 16. The third-order valence-electron chi connectivity index (χ3n) is 5.86. The maximum absolute atomic E-state index is 5.49. The van der Waals surface area contributed by atoms with E-state index in [1.807, 2.05) is 0 Å². The second-order valence-electron chi connectivity index (χ2n) is 9.87. The van der Waals surface area contributed by atoms with Crippen molar-refractivity contribution in [3.63, 3.8) is 0 Å². The summed E-state index contributed by atoms with van der Waals surface area (Å²) in [5, 5.41) is 0.835. The summed E-state index contributed by atoms with van der Waals surface area (Å²) in [6.45, 7) is 16.5. The molecule has 302 valence electrons. The van der Waals surface area contributed by atoms with Gasteiger partial charge in [0.2, 0.25) is 0 Å². The van der Waals surface area contributed by atoms with Crippen molar-refractivity contribution in [1.82, 2.24) is 0 Å². The Hall–Kier alpha value is -0.160. The summed E-state index contributed by atoms with van der Waals surface area (Å²) in [6, 6.07) is 0. The molecule has 0 saturated carbocycles. The van der Waals surface area contributed by atoms with Gasteiger partial charge in [0.05, 0.1) is 205 Å². The van der Waals surface area contributed by atoms with Gasteiger partial charge in [-0.05, 0) is 0 Å². The normalized spacial score (nSPS) is 11.6. The summed E-state index contributed by atoms with van der Waals surface area (Å²) < 4.78 is 86.5. The minimum absolute atomic E-state index is 0.504. The second kappa shape index (κ2) is 48.8. The van der Waals surface area contributed by atoms with Gasteiger partial charge in [-0.15, -0.1) is 0 Å². The minimum atomic E-state index is 0.504. The Labute approximate surface area is 308 Å². The zero-order valence-electron chi connectivity index (χ0n) is 30.5. The number of rotatable bonds is 47. The third-order valence-corrected chi connectivity index (χ3v) is 6.19. The highest BCUT2D eigenvalue weighted by molar-refractivity contribution is 9.09. The summed E-state index contributed by atoms with van der Waals surface area (Å²) in [5.74, 6) is 0. The molecule has 0 radical (unpaired) electrons. The molecular formula is C33H67BrO16. The molecule has 50 heavy (non-hydrogen) atoms. The summed E-state index contributed by atoms with van der Waals surface area (Å²) >= 11 is 3.30. The van der Waals surface area contributed by atoms with Gasteiger partial charge in [0.25, 0.3) is 0 Å². The zero-order valence-corrected chi connectivity index (χ0v) is 32.1. The summed E-state index contributed by atoms with van der Waals surface area (Å²) in [7, 11) is 1.64. The molecule has 0 aliphatic carbocycles. The van der Waals surface area contributed by atoms with Crippen LogP contribution >= 0.6 is 15.9 Å². The van der Waals surface area contributed by atoms with Gasteiger partial charge in [-0.1, -0.05) is 15.9 Å². The predicted octanol–water partition coefficient (Wildman–Crippen LogP) is 1.28. The highest BCUT2D eigenvalue weighted by atomic mass is 79.9. The van der Waals surface area contributed by atoms with Crippen LogP contribution in [0.3, 0.4) is 0 Å². The molecule has 0 amide bonds. The number of ether oxygens (including phenoxy) is 16. The third kappa shape index (κ3) is 47.8. The molecular weight excluding hydrogens is 732 g/mol. The maximum atomic E-state index is 5.49. The summed E-state index contributed by atoms with van der Waals surface area (Å²) in [4.78, 5) is 0. The SMILES string of the molecule is COCCOCCOCCOCCOCCOCCOCCOCCOCCOCCOCCOCCOCCOCCOCCOCCBr. The van der Waals surface area contributed by atoms with E-state index in [0.717, 1.165) is 5.33 Å². The Kier molecular flexibility index (Phi) is 48.7. The summed E-state index contributed by atoms with van der Waals surface area (Å²) in [6.07, 6.45) is 0. The van der Waals surface area contributed by atoms with Crippen molar-refractivity contribution in [2.45, 2.75) is 0 Å². The molecule has 17 heteroatoms. The van der Waals surface area contributed by atoms with Gasteiger partial charge in [-0.25, -0.2) is 0 Å². The number of methoxy groups -OCH3 is 1. The van der Waals surface area contributed by atoms with Crippen molar-refractivity contribution in [1.29, 1.82) is 0 Å². The first kappa shape index (κ1) is 49.8. The lowest BCUT2D eigenvalue weighted by Crippen LogP contribution is -2.15. The molecule has 0 spiro atoms. The molecule has 0 bridgehead atoms. The fourth-order valence-electron chi connectivity index (χ4n) is 3.38. The molecule has 0 aromatic carbocycles. The zero-order chi connectivity index (χ0) is 35.9. The van der Waals surface area contributed by atoms with Crippen LogP contribution in [-0.4, -0.2) is 217 Å². The van der Waals surface area contributed by atoms with E-state index in [1.54, 1.807) is 7.11 Å². The Morgan fingerprint density at radius 1 is 0.200 bits per heavy atom. The number of halogens is 1. The molecule has 0 aromatic heterocycles. The highest BCUT2D eigenvalue weighted by Gasteiger charge is 1.97. The fraction of sp³-hybridized carbons (Fsp3) is 1.00. The van der Waals surface area contributed by atoms with Crippen LogP contribution in [0.5, 0.6) is 0 Å². The van der Waals surface area contributed by atoms with Crippen molar-refractivity contribution in [3.8, 4) is 0 Å². The number of alkyl halides is 1. The molecule has 0 heterocycles. The Morgan fingerprint density at radius 2 is 0.320 bits per heavy atom. The average Bonchev–Trinajstić information content (AvgIpc) is 3.13. The lowest BCUT2D eigenvalue weighted by molar-refractivity contribution is -0.0302. The molecule has 0 saturated heterocycles. The first-order chi connectivity index (χ1) is 24.9. The maximum Gasteiger partial charge on any atom is 0.0701 e. The van der Waals surface area contributed by atoms with Crippen molar-refractivity contribution in [3.05, 3.63) is 0 Å². The molecule has 0 aliphatic heterocycles. The Morgan fingerprint density at radius 3 is 0.440 bits per heavy atom. The molecule has 16 nitrogen and oxygen atoms in total. The van der Waals surface area contributed by atoms with Gasteiger partial charge < -0.3 is 75.8 Å². The monoisotopic (exact) mass is 798 g/mol. The van der Waals surface area contributed by atoms with E-state index in [4.69, 9.17) is 75.8 Å². The van der Waals surface area contributed by atoms with Gasteiger partial charge >= 0.3 is 0 Å². The van der Waals surface area contributed by atoms with Gasteiger partial charge in [0.1, 0.15) is 0 Å². The first-order valence-corrected chi connectivity index (χ1v) is 18.7. The topological polar surface area (TPSA) is 148 Å². The van der Waals surface area contributed by atoms with Gasteiger partial charge in [-0.3, -0.25) is 0 Å². The van der Waals surface area contributed by atoms with E-state index in [1.165, 1.54) is 0 Å². The average molecular weight is 800 g/mol. The van der Waals surface area contributed by atoms with Crippen molar-refractivity contribution >= 4 is 15.9 Å². The predicted molar refractivity (Wildman–Crippen MR) is 188 cm³/mol. The standard InChI is InChI=1S/C33H67BrO16/c1-35-4-5-37-8-9-39-12-13-41-16-17-43-20-21-45-24-25-47-28-29-49-32-33-50-31-30-48-27-26-46-23-22-44-19-18-42-15-14-40-11-10-38-7-6-36-3-2-34/h2-33H2,1H3. The van der Waals surface area contributed by atoms with Gasteiger partial charge in [0.15, 0.2) is 0 Å². The van der Waals surface area contributed by atoms with Gasteiger partial charge in [0, 0.05) is 12.4 Å². The van der Waals surface area contributed by atoms with Crippen LogP contribution in [0.2, 0.25) is 0 Å². The van der Waals surface area contributed by atoms with Crippen molar-refractivity contribution in [2.24, 2.45) is 0 Å². The molecule has 0 atom stereocenters. The van der Waals surface area contributed by atoms with Crippen molar-refractivity contribution < 1.29 is 75.8 Å². The highest BCUT2D eigenvalue weighted by Crippen LogP contribution is 1.88. The first-order valence-electron chi connectivity index (χ1n) is 17.6. The van der Waals surface area contributed by atoms with Crippen LogP contribution in [0, 0.1) is 0 Å². The lowest BCUT2D eigenvalue weighted by atomic mass is 10.6. The minimum Gasteiger partial charge on any atom is -0.382 e. The van der Waals surface area contributed by atoms with Crippen LogP contribution in [0.4, 0.5) is 0 Å². The van der Waals surface area contributed by atoms with Crippen LogP contribution in [0.15, 0.2) is 0 Å². The van der Waals surface area contributed by atoms with E-state index in [9.17, 15) is 0 Å². The van der Waals surface area contributed by atoms with Gasteiger partial charge in [-0.2, -0.15) is 0 Å². The van der Waals surface area contributed by atoms with Crippen LogP contribution < -0.4 is 0 Å². The molecule has 0 fully saturated rings. The quantitative estimate of drug-likeness (QED) is 0.0643. The molecule has 0 aliphatic rings. The van der Waals surface area contributed by atoms with Crippen molar-refractivity contribution in [2.75, 3.05) is 217 Å². The Balaban J connectivity index is 3.04. The van der Waals surface area contributed by atoms with Crippen LogP contribution in [0.25, 0.3) is 0 Å². The fourth-order valence-corrected chi connectivity index (χ4v) is 3.61. The Bertz CT molecular complexity index is 540. The van der Waals surface area contributed by atoms with E-state index >= 15 is 0 Å². The molecule has 0 rings (SSSR count). The van der Waals surface area contributed by atoms with Crippen LogP contribution in [0.1, 0.15) is 0 Å². The van der Waals surface area contributed by atoms with E-state index in [-0.39, 0.29) is 0 Å². The van der Waals surface area contributed by atoms with E-state index in [2.05, 4.69) is 15.9 Å². The van der Waals surface area contributed by atoms with E-state index < -0.39 is 0 Å². The largest absolute Gasteiger partial charge is 0.382 e. The molecule has 0 N–H and O–H groups in total. The van der Waals surface area contributed by atoms with Crippen LogP contribution in [-0.2, 0) is 75.8 Å². The second-order valence-corrected chi connectivity index (χ2v) is 10.7. The summed E-state index contributed by atoms with van der Waals surface area (Å²) in [5.41, 5.74) is 0. The molecule has 0 aromatic rings.